The third-order valence-electron chi connectivity index (χ3n) is 1.81. The fraction of sp³-hybridized carbons (Fsp3) is 0.222. The third-order valence-corrected chi connectivity index (χ3v) is 1.81. The number of ether oxygens (including phenoxy) is 1. The summed E-state index contributed by atoms with van der Waals surface area (Å²) in [5, 5.41) is 0. The zero-order valence-electron chi connectivity index (χ0n) is 8.06. The van der Waals surface area contributed by atoms with Gasteiger partial charge in [-0.05, 0) is 12.1 Å². The van der Waals surface area contributed by atoms with E-state index in [4.69, 9.17) is 5.73 Å². The maximum absolute atomic E-state index is 13.2. The molecule has 0 bridgehead atoms. The number of anilines is 1. The highest BCUT2D eigenvalue weighted by molar-refractivity contribution is 5.92. The smallest absolute Gasteiger partial charge is 0.417 e. The summed E-state index contributed by atoms with van der Waals surface area (Å²) in [5.74, 6) is -2.76. The molecule has 0 fully saturated rings. The van der Waals surface area contributed by atoms with Crippen molar-refractivity contribution in [2.24, 2.45) is 0 Å². The summed E-state index contributed by atoms with van der Waals surface area (Å²) in [5.41, 5.74) is 2.05. The van der Waals surface area contributed by atoms with Gasteiger partial charge < -0.3 is 10.5 Å². The van der Waals surface area contributed by atoms with E-state index in [0.717, 1.165) is 7.11 Å². The third kappa shape index (κ3) is 2.23. The van der Waals surface area contributed by atoms with Crippen molar-refractivity contribution in [3.05, 3.63) is 29.1 Å². The Morgan fingerprint density at radius 1 is 1.38 bits per heavy atom. The number of hydrogen-bond donors (Lipinski definition) is 1. The van der Waals surface area contributed by atoms with Crippen LogP contribution in [0.1, 0.15) is 15.9 Å². The van der Waals surface area contributed by atoms with Gasteiger partial charge in [0.05, 0.1) is 12.7 Å². The van der Waals surface area contributed by atoms with E-state index in [0.29, 0.717) is 12.1 Å². The molecule has 16 heavy (non-hydrogen) atoms. The molecule has 0 atom stereocenters. The Bertz CT molecular complexity index is 428. The van der Waals surface area contributed by atoms with Crippen molar-refractivity contribution in [3.63, 3.8) is 0 Å². The van der Waals surface area contributed by atoms with Crippen LogP contribution >= 0.6 is 0 Å². The van der Waals surface area contributed by atoms with Crippen LogP contribution in [0.2, 0.25) is 0 Å². The van der Waals surface area contributed by atoms with Gasteiger partial charge in [0, 0.05) is 5.69 Å². The van der Waals surface area contributed by atoms with Crippen molar-refractivity contribution in [1.82, 2.24) is 0 Å². The van der Waals surface area contributed by atoms with Crippen LogP contribution in [0.5, 0.6) is 0 Å². The van der Waals surface area contributed by atoms with Crippen LogP contribution < -0.4 is 5.73 Å². The Morgan fingerprint density at radius 2 is 1.94 bits per heavy atom. The van der Waals surface area contributed by atoms with Gasteiger partial charge in [0.2, 0.25) is 0 Å². The lowest BCUT2D eigenvalue weighted by Gasteiger charge is -2.12. The molecule has 1 rings (SSSR count). The van der Waals surface area contributed by atoms with Crippen LogP contribution in [0.3, 0.4) is 0 Å². The molecule has 0 spiro atoms. The van der Waals surface area contributed by atoms with E-state index in [1.165, 1.54) is 0 Å². The van der Waals surface area contributed by atoms with Gasteiger partial charge in [-0.2, -0.15) is 13.2 Å². The van der Waals surface area contributed by atoms with Gasteiger partial charge in [-0.25, -0.2) is 9.18 Å². The first-order valence-electron chi connectivity index (χ1n) is 4.02. The predicted molar refractivity (Wildman–Crippen MR) is 47.2 cm³/mol. The molecule has 2 N–H and O–H groups in total. The van der Waals surface area contributed by atoms with E-state index in [1.54, 1.807) is 0 Å². The molecule has 0 aromatic heterocycles. The molecule has 0 saturated carbocycles. The maximum Gasteiger partial charge on any atom is 0.417 e. The molecule has 88 valence electrons. The molecule has 3 nitrogen and oxygen atoms in total. The monoisotopic (exact) mass is 237 g/mol. The second-order valence-corrected chi connectivity index (χ2v) is 2.91. The minimum Gasteiger partial charge on any atom is -0.465 e. The standard InChI is InChI=1S/C9H7F4NO2/c1-16-8(15)7-5(9(11,12)13)2-4(14)3-6(7)10/h2-3H,14H2,1H3. The first-order chi connectivity index (χ1) is 7.27. The molecule has 7 heteroatoms. The van der Waals surface area contributed by atoms with E-state index in [-0.39, 0.29) is 0 Å². The van der Waals surface area contributed by atoms with Crippen molar-refractivity contribution in [2.45, 2.75) is 6.18 Å². The highest BCUT2D eigenvalue weighted by Gasteiger charge is 2.37. The minimum absolute atomic E-state index is 0.419. The van der Waals surface area contributed by atoms with Crippen LogP contribution in [-0.2, 0) is 10.9 Å². The largest absolute Gasteiger partial charge is 0.465 e. The number of rotatable bonds is 1. The average molecular weight is 237 g/mol. The van der Waals surface area contributed by atoms with E-state index in [1.807, 2.05) is 0 Å². The SMILES string of the molecule is COC(=O)c1c(F)cc(N)cc1C(F)(F)F. The molecule has 0 aliphatic heterocycles. The van der Waals surface area contributed by atoms with Crippen LogP contribution in [-0.4, -0.2) is 13.1 Å². The quantitative estimate of drug-likeness (QED) is 0.463. The van der Waals surface area contributed by atoms with E-state index >= 15 is 0 Å². The lowest BCUT2D eigenvalue weighted by molar-refractivity contribution is -0.138. The predicted octanol–water partition coefficient (Wildman–Crippen LogP) is 2.21. The van der Waals surface area contributed by atoms with Crippen LogP contribution in [0.25, 0.3) is 0 Å². The molecule has 0 amide bonds. The summed E-state index contributed by atoms with van der Waals surface area (Å²) in [4.78, 5) is 11.0. The number of carbonyl (C=O) groups is 1. The molecule has 0 unspecified atom stereocenters. The summed E-state index contributed by atoms with van der Waals surface area (Å²) in [6.45, 7) is 0. The van der Waals surface area contributed by atoms with Crippen molar-refractivity contribution in [2.75, 3.05) is 12.8 Å². The van der Waals surface area contributed by atoms with E-state index in [9.17, 15) is 22.4 Å². The van der Waals surface area contributed by atoms with Gasteiger partial charge in [-0.3, -0.25) is 0 Å². The summed E-state index contributed by atoms with van der Waals surface area (Å²) < 4.78 is 54.7. The molecular formula is C9H7F4NO2. The normalized spacial score (nSPS) is 11.3. The van der Waals surface area contributed by atoms with Gasteiger partial charge >= 0.3 is 12.1 Å². The van der Waals surface area contributed by atoms with E-state index in [2.05, 4.69) is 4.74 Å². The topological polar surface area (TPSA) is 52.3 Å². The number of methoxy groups -OCH3 is 1. The molecule has 1 aromatic carbocycles. The first-order valence-corrected chi connectivity index (χ1v) is 4.02. The summed E-state index contributed by atoms with van der Waals surface area (Å²) in [7, 11) is 0.859. The second-order valence-electron chi connectivity index (χ2n) is 2.91. The zero-order chi connectivity index (χ0) is 12.5. The van der Waals surface area contributed by atoms with Gasteiger partial charge in [0.25, 0.3) is 0 Å². The highest BCUT2D eigenvalue weighted by Crippen LogP contribution is 2.34. The lowest BCUT2D eigenvalue weighted by Crippen LogP contribution is -2.16. The summed E-state index contributed by atoms with van der Waals surface area (Å²) in [6, 6.07) is 1.11. The van der Waals surface area contributed by atoms with Crippen molar-refractivity contribution in [3.8, 4) is 0 Å². The van der Waals surface area contributed by atoms with Gasteiger partial charge in [0.15, 0.2) is 0 Å². The lowest BCUT2D eigenvalue weighted by atomic mass is 10.1. The Morgan fingerprint density at radius 3 is 2.38 bits per heavy atom. The number of nitrogen functional groups attached to an aromatic ring is 1. The van der Waals surface area contributed by atoms with Crippen molar-refractivity contribution in [1.29, 1.82) is 0 Å². The molecule has 0 saturated heterocycles. The van der Waals surface area contributed by atoms with Crippen LogP contribution in [0.15, 0.2) is 12.1 Å². The highest BCUT2D eigenvalue weighted by atomic mass is 19.4. The van der Waals surface area contributed by atoms with Gasteiger partial charge in [-0.15, -0.1) is 0 Å². The van der Waals surface area contributed by atoms with E-state index < -0.39 is 34.8 Å². The summed E-state index contributed by atoms with van der Waals surface area (Å²) >= 11 is 0. The fourth-order valence-electron chi connectivity index (χ4n) is 1.16. The van der Waals surface area contributed by atoms with Crippen molar-refractivity contribution >= 4 is 11.7 Å². The number of alkyl halides is 3. The Kier molecular flexibility index (Phi) is 3.06. The molecule has 0 aliphatic rings. The average Bonchev–Trinajstić information content (AvgIpc) is 2.14. The molecule has 0 radical (unpaired) electrons. The molecule has 0 aliphatic carbocycles. The number of esters is 1. The maximum atomic E-state index is 13.2. The zero-order valence-corrected chi connectivity index (χ0v) is 8.06. The summed E-state index contributed by atoms with van der Waals surface area (Å²) in [6.07, 6.45) is -4.88. The first kappa shape index (κ1) is 12.3. The minimum atomic E-state index is -4.88. The number of carbonyl (C=O) groups excluding carboxylic acids is 1. The Hall–Kier alpha value is -1.79. The molecular weight excluding hydrogens is 230 g/mol. The number of halogens is 4. The number of benzene rings is 1. The van der Waals surface area contributed by atoms with Gasteiger partial charge in [-0.1, -0.05) is 0 Å². The Labute approximate surface area is 87.8 Å². The van der Waals surface area contributed by atoms with Crippen molar-refractivity contribution < 1.29 is 27.1 Å². The molecule has 0 heterocycles. The fourth-order valence-corrected chi connectivity index (χ4v) is 1.16. The van der Waals surface area contributed by atoms with Gasteiger partial charge in [0.1, 0.15) is 11.4 Å². The number of nitrogens with two attached hydrogens (primary N) is 1. The number of hydrogen-bond acceptors (Lipinski definition) is 3. The van der Waals surface area contributed by atoms with Crippen LogP contribution in [0, 0.1) is 5.82 Å². The van der Waals surface area contributed by atoms with Crippen LogP contribution in [0.4, 0.5) is 23.2 Å². The Balaban J connectivity index is 3.51. The second kappa shape index (κ2) is 3.99. The molecule has 1 aromatic rings.